The van der Waals surface area contributed by atoms with Gasteiger partial charge in [-0.3, -0.25) is 4.90 Å². The summed E-state index contributed by atoms with van der Waals surface area (Å²) in [5, 5.41) is 0. The molecule has 0 aliphatic carbocycles. The predicted octanol–water partition coefficient (Wildman–Crippen LogP) is 1.87. The third kappa shape index (κ3) is 4.21. The Balaban J connectivity index is 1.99. The van der Waals surface area contributed by atoms with Gasteiger partial charge in [-0.05, 0) is 38.1 Å². The highest BCUT2D eigenvalue weighted by molar-refractivity contribution is 7.88. The number of hydrogen-bond donors (Lipinski definition) is 1. The molecule has 0 saturated carbocycles. The fourth-order valence-corrected chi connectivity index (χ4v) is 3.88. The molecule has 1 saturated heterocycles. The minimum Gasteiger partial charge on any atom is -0.299 e. The molecule has 0 spiro atoms. The van der Waals surface area contributed by atoms with Crippen LogP contribution in [0.2, 0.25) is 0 Å². The molecule has 21 heavy (non-hydrogen) atoms. The monoisotopic (exact) mass is 318 g/mol. The average Bonchev–Trinajstić information content (AvgIpc) is 2.88. The van der Waals surface area contributed by atoms with Crippen molar-refractivity contribution in [3.63, 3.8) is 0 Å². The Hall–Kier alpha value is -1.05. The lowest BCUT2D eigenvalue weighted by Gasteiger charge is -2.22. The molecule has 1 heterocycles. The van der Waals surface area contributed by atoms with Crippen LogP contribution in [-0.2, 0) is 15.8 Å². The number of likely N-dealkylation sites (tertiary alicyclic amines) is 1. The van der Waals surface area contributed by atoms with Crippen LogP contribution in [0.4, 0.5) is 8.78 Å². The Morgan fingerprint density at radius 2 is 2.00 bits per heavy atom. The van der Waals surface area contributed by atoms with E-state index in [1.54, 1.807) is 0 Å². The zero-order valence-electron chi connectivity index (χ0n) is 12.0. The number of halogens is 2. The Bertz CT molecular complexity index is 572. The van der Waals surface area contributed by atoms with Gasteiger partial charge in [-0.2, -0.15) is 0 Å². The van der Waals surface area contributed by atoms with Crippen molar-refractivity contribution in [1.29, 1.82) is 0 Å². The third-order valence-electron chi connectivity index (χ3n) is 3.84. The number of rotatable bonds is 6. The van der Waals surface area contributed by atoms with Gasteiger partial charge in [0.25, 0.3) is 0 Å². The van der Waals surface area contributed by atoms with Gasteiger partial charge >= 0.3 is 0 Å². The van der Waals surface area contributed by atoms with Crippen LogP contribution < -0.4 is 4.72 Å². The maximum atomic E-state index is 13.5. The van der Waals surface area contributed by atoms with Crippen molar-refractivity contribution in [3.8, 4) is 0 Å². The fraction of sp³-hybridized carbons (Fsp3) is 0.571. The molecule has 1 aromatic carbocycles. The van der Waals surface area contributed by atoms with Gasteiger partial charge in [-0.15, -0.1) is 0 Å². The van der Waals surface area contributed by atoms with Crippen molar-refractivity contribution in [3.05, 3.63) is 35.4 Å². The lowest BCUT2D eigenvalue weighted by atomic mass is 10.2. The molecule has 118 valence electrons. The first-order valence-corrected chi connectivity index (χ1v) is 8.72. The molecule has 7 heteroatoms. The summed E-state index contributed by atoms with van der Waals surface area (Å²) in [6, 6.07) is 3.49. The maximum absolute atomic E-state index is 13.5. The van der Waals surface area contributed by atoms with Gasteiger partial charge in [0.05, 0.1) is 5.75 Å². The topological polar surface area (TPSA) is 49.4 Å². The lowest BCUT2D eigenvalue weighted by molar-refractivity contribution is 0.268. The fourth-order valence-electron chi connectivity index (χ4n) is 2.68. The molecule has 1 fully saturated rings. The van der Waals surface area contributed by atoms with E-state index in [2.05, 4.69) is 9.62 Å². The van der Waals surface area contributed by atoms with Crippen molar-refractivity contribution in [2.75, 3.05) is 19.6 Å². The number of nitrogens with one attached hydrogen (secondary N) is 1. The average molecular weight is 318 g/mol. The standard InChI is InChI=1S/C14H20F2N2O2S/c1-2-18-8-4-5-11(18)9-17-21(19,20)10-12-13(15)6-3-7-14(12)16/h3,6-7,11,17H,2,4-5,8-10H2,1H3. The summed E-state index contributed by atoms with van der Waals surface area (Å²) in [6.07, 6.45) is 1.98. The zero-order chi connectivity index (χ0) is 15.5. The number of hydrogen-bond acceptors (Lipinski definition) is 3. The van der Waals surface area contributed by atoms with Gasteiger partial charge in [0.1, 0.15) is 11.6 Å². The van der Waals surface area contributed by atoms with E-state index in [0.717, 1.165) is 38.1 Å². The largest absolute Gasteiger partial charge is 0.299 e. The van der Waals surface area contributed by atoms with Crippen LogP contribution in [0.25, 0.3) is 0 Å². The van der Waals surface area contributed by atoms with Crippen LogP contribution >= 0.6 is 0 Å². The first kappa shape index (κ1) is 16.3. The van der Waals surface area contributed by atoms with Crippen molar-refractivity contribution in [1.82, 2.24) is 9.62 Å². The van der Waals surface area contributed by atoms with Gasteiger partial charge in [0, 0.05) is 18.2 Å². The van der Waals surface area contributed by atoms with Crippen LogP contribution in [0.15, 0.2) is 18.2 Å². The Morgan fingerprint density at radius 1 is 1.33 bits per heavy atom. The lowest BCUT2D eigenvalue weighted by Crippen LogP contribution is -2.40. The van der Waals surface area contributed by atoms with Crippen LogP contribution in [-0.4, -0.2) is 39.0 Å². The zero-order valence-corrected chi connectivity index (χ0v) is 12.8. The van der Waals surface area contributed by atoms with Crippen molar-refractivity contribution >= 4 is 10.0 Å². The molecule has 0 amide bonds. The van der Waals surface area contributed by atoms with Gasteiger partial charge in [-0.25, -0.2) is 21.9 Å². The number of sulfonamides is 1. The van der Waals surface area contributed by atoms with E-state index >= 15 is 0 Å². The van der Waals surface area contributed by atoms with E-state index < -0.39 is 33.0 Å². The summed E-state index contributed by atoms with van der Waals surface area (Å²) >= 11 is 0. The molecule has 2 rings (SSSR count). The summed E-state index contributed by atoms with van der Waals surface area (Å²) < 4.78 is 53.4. The summed E-state index contributed by atoms with van der Waals surface area (Å²) in [4.78, 5) is 2.20. The second-order valence-corrected chi connectivity index (χ2v) is 7.04. The Labute approximate surface area is 124 Å². The van der Waals surface area contributed by atoms with E-state index in [4.69, 9.17) is 0 Å². The van der Waals surface area contributed by atoms with Gasteiger partial charge in [0.15, 0.2) is 0 Å². The number of nitrogens with zero attached hydrogens (tertiary/aromatic N) is 1. The van der Waals surface area contributed by atoms with Gasteiger partial charge in [0.2, 0.25) is 10.0 Å². The maximum Gasteiger partial charge on any atom is 0.216 e. The highest BCUT2D eigenvalue weighted by Gasteiger charge is 2.25. The molecule has 0 bridgehead atoms. The first-order chi connectivity index (χ1) is 9.93. The molecule has 1 N–H and O–H groups in total. The first-order valence-electron chi connectivity index (χ1n) is 7.07. The Kier molecular flexibility index (Phi) is 5.29. The molecular weight excluding hydrogens is 298 g/mol. The second kappa shape index (κ2) is 6.81. The summed E-state index contributed by atoms with van der Waals surface area (Å²) in [7, 11) is -3.76. The summed E-state index contributed by atoms with van der Waals surface area (Å²) in [5.41, 5.74) is -0.413. The molecule has 1 unspecified atom stereocenters. The van der Waals surface area contributed by atoms with Crippen LogP contribution in [0.3, 0.4) is 0 Å². The summed E-state index contributed by atoms with van der Waals surface area (Å²) in [6.45, 7) is 4.15. The molecule has 4 nitrogen and oxygen atoms in total. The van der Waals surface area contributed by atoms with Crippen LogP contribution in [0.1, 0.15) is 25.3 Å². The Morgan fingerprint density at radius 3 is 2.62 bits per heavy atom. The highest BCUT2D eigenvalue weighted by Crippen LogP contribution is 2.17. The highest BCUT2D eigenvalue weighted by atomic mass is 32.2. The second-order valence-electron chi connectivity index (χ2n) is 5.23. The van der Waals surface area contributed by atoms with Gasteiger partial charge < -0.3 is 0 Å². The minimum atomic E-state index is -3.76. The molecular formula is C14H20F2N2O2S. The van der Waals surface area contributed by atoms with Crippen LogP contribution in [0, 0.1) is 11.6 Å². The van der Waals surface area contributed by atoms with E-state index in [1.165, 1.54) is 6.07 Å². The predicted molar refractivity (Wildman–Crippen MR) is 77.3 cm³/mol. The van der Waals surface area contributed by atoms with E-state index in [1.807, 2.05) is 6.92 Å². The minimum absolute atomic E-state index is 0.162. The molecule has 0 aromatic heterocycles. The molecule has 0 radical (unpaired) electrons. The third-order valence-corrected chi connectivity index (χ3v) is 5.12. The number of benzene rings is 1. The van der Waals surface area contributed by atoms with Crippen molar-refractivity contribution in [2.45, 2.75) is 31.6 Å². The number of likely N-dealkylation sites (N-methyl/N-ethyl adjacent to an activating group) is 1. The van der Waals surface area contributed by atoms with Gasteiger partial charge in [-0.1, -0.05) is 13.0 Å². The van der Waals surface area contributed by atoms with Crippen LogP contribution in [0.5, 0.6) is 0 Å². The van der Waals surface area contributed by atoms with Crippen molar-refractivity contribution < 1.29 is 17.2 Å². The SMILES string of the molecule is CCN1CCCC1CNS(=O)(=O)Cc1c(F)cccc1F. The molecule has 1 aliphatic rings. The van der Waals surface area contributed by atoms with E-state index in [9.17, 15) is 17.2 Å². The van der Waals surface area contributed by atoms with E-state index in [0.29, 0.717) is 0 Å². The smallest absolute Gasteiger partial charge is 0.216 e. The normalized spacial score (nSPS) is 20.0. The summed E-state index contributed by atoms with van der Waals surface area (Å²) in [5.74, 6) is -2.35. The molecule has 1 aliphatic heterocycles. The van der Waals surface area contributed by atoms with E-state index in [-0.39, 0.29) is 12.6 Å². The quantitative estimate of drug-likeness (QED) is 0.871. The van der Waals surface area contributed by atoms with Crippen molar-refractivity contribution in [2.24, 2.45) is 0 Å². The molecule has 1 atom stereocenters. The molecule has 1 aromatic rings.